The van der Waals surface area contributed by atoms with E-state index in [-0.39, 0.29) is 16.7 Å². The molecule has 0 unspecified atom stereocenters. The third kappa shape index (κ3) is 6.61. The Morgan fingerprint density at radius 3 is 1.86 bits per heavy atom. The predicted molar refractivity (Wildman–Crippen MR) is 123 cm³/mol. The van der Waals surface area contributed by atoms with Crippen LogP contribution in [0.5, 0.6) is 0 Å². The van der Waals surface area contributed by atoms with E-state index in [1.807, 2.05) is 37.4 Å². The van der Waals surface area contributed by atoms with Crippen molar-refractivity contribution in [1.29, 1.82) is 0 Å². The van der Waals surface area contributed by atoms with Crippen LogP contribution >= 0.6 is 11.8 Å². The summed E-state index contributed by atoms with van der Waals surface area (Å²) in [6, 6.07) is 0.502. The number of carbonyl (C=O) groups is 2. The minimum Gasteiger partial charge on any atom is -0.342 e. The van der Waals surface area contributed by atoms with Crippen LogP contribution in [0.4, 0.5) is 0 Å². The van der Waals surface area contributed by atoms with Gasteiger partial charge in [-0.3, -0.25) is 9.59 Å². The Morgan fingerprint density at radius 2 is 1.38 bits per heavy atom. The van der Waals surface area contributed by atoms with Gasteiger partial charge in [-0.15, -0.1) is 0 Å². The molecule has 168 valence electrons. The Kier molecular flexibility index (Phi) is 8.49. The SMILES string of the molecule is CSC1CCN(C(=O)C(C)(C)CCN(C)C2CCN(C(=O)C(C)(C)C)CC2)CC1. The molecule has 2 rings (SSSR count). The number of hydrogen-bond donors (Lipinski definition) is 0. The van der Waals surface area contributed by atoms with Gasteiger partial charge in [0.25, 0.3) is 0 Å². The lowest BCUT2D eigenvalue weighted by Gasteiger charge is -2.40. The number of likely N-dealkylation sites (tertiary alicyclic amines) is 2. The smallest absolute Gasteiger partial charge is 0.228 e. The van der Waals surface area contributed by atoms with Crippen LogP contribution in [0.2, 0.25) is 0 Å². The average molecular weight is 426 g/mol. The maximum atomic E-state index is 13.1. The molecule has 2 aliphatic rings. The van der Waals surface area contributed by atoms with Crippen LogP contribution in [0.15, 0.2) is 0 Å². The molecule has 0 atom stereocenters. The summed E-state index contributed by atoms with van der Waals surface area (Å²) in [5.74, 6) is 0.576. The lowest BCUT2D eigenvalue weighted by molar-refractivity contribution is -0.142. The van der Waals surface area contributed by atoms with Crippen molar-refractivity contribution in [2.75, 3.05) is 46.0 Å². The van der Waals surface area contributed by atoms with Gasteiger partial charge in [0.05, 0.1) is 0 Å². The highest BCUT2D eigenvalue weighted by molar-refractivity contribution is 7.99. The molecule has 2 saturated heterocycles. The fourth-order valence-electron chi connectivity index (χ4n) is 4.45. The monoisotopic (exact) mass is 425 g/mol. The molecule has 2 aliphatic heterocycles. The summed E-state index contributed by atoms with van der Waals surface area (Å²) in [6.45, 7) is 14.6. The highest BCUT2D eigenvalue weighted by atomic mass is 32.2. The zero-order valence-electron chi connectivity index (χ0n) is 19.8. The average Bonchev–Trinajstić information content (AvgIpc) is 2.70. The Hall–Kier alpha value is -0.750. The van der Waals surface area contributed by atoms with Gasteiger partial charge in [0.2, 0.25) is 11.8 Å². The maximum absolute atomic E-state index is 13.1. The first-order valence-corrected chi connectivity index (χ1v) is 12.6. The Balaban J connectivity index is 1.78. The van der Waals surface area contributed by atoms with E-state index in [4.69, 9.17) is 0 Å². The molecule has 0 aromatic carbocycles. The molecule has 6 heteroatoms. The van der Waals surface area contributed by atoms with E-state index in [1.54, 1.807) is 0 Å². The number of thioether (sulfide) groups is 1. The molecular weight excluding hydrogens is 382 g/mol. The zero-order valence-corrected chi connectivity index (χ0v) is 20.6. The van der Waals surface area contributed by atoms with E-state index in [2.05, 4.69) is 37.0 Å². The molecule has 0 saturated carbocycles. The maximum Gasteiger partial charge on any atom is 0.228 e. The summed E-state index contributed by atoms with van der Waals surface area (Å²) in [6.07, 6.45) is 7.34. The fraction of sp³-hybridized carbons (Fsp3) is 0.913. The van der Waals surface area contributed by atoms with Crippen molar-refractivity contribution in [3.05, 3.63) is 0 Å². The Bertz CT molecular complexity index is 557. The molecule has 0 radical (unpaired) electrons. The van der Waals surface area contributed by atoms with Crippen molar-refractivity contribution in [2.24, 2.45) is 10.8 Å². The van der Waals surface area contributed by atoms with Crippen molar-refractivity contribution in [1.82, 2.24) is 14.7 Å². The van der Waals surface area contributed by atoms with Crippen molar-refractivity contribution in [2.45, 2.75) is 78.0 Å². The van der Waals surface area contributed by atoms with Gasteiger partial charge in [0.15, 0.2) is 0 Å². The number of nitrogens with zero attached hydrogens (tertiary/aromatic N) is 3. The molecule has 2 fully saturated rings. The first-order valence-electron chi connectivity index (χ1n) is 11.3. The van der Waals surface area contributed by atoms with E-state index < -0.39 is 0 Å². The minimum atomic E-state index is -0.316. The lowest BCUT2D eigenvalue weighted by Crippen LogP contribution is -2.50. The van der Waals surface area contributed by atoms with E-state index in [0.717, 1.165) is 64.8 Å². The predicted octanol–water partition coefficient (Wildman–Crippen LogP) is 3.73. The number of piperidine rings is 2. The van der Waals surface area contributed by atoms with Gasteiger partial charge in [0.1, 0.15) is 0 Å². The largest absolute Gasteiger partial charge is 0.342 e. The Morgan fingerprint density at radius 1 is 0.897 bits per heavy atom. The van der Waals surface area contributed by atoms with Gasteiger partial charge in [-0.1, -0.05) is 34.6 Å². The molecule has 0 aromatic heterocycles. The van der Waals surface area contributed by atoms with Crippen molar-refractivity contribution >= 4 is 23.6 Å². The quantitative estimate of drug-likeness (QED) is 0.650. The first-order chi connectivity index (χ1) is 13.5. The second kappa shape index (κ2) is 10.0. The third-order valence-electron chi connectivity index (χ3n) is 6.75. The number of hydrogen-bond acceptors (Lipinski definition) is 4. The number of amides is 2. The van der Waals surface area contributed by atoms with E-state index in [1.165, 1.54) is 0 Å². The van der Waals surface area contributed by atoms with Crippen LogP contribution in [0.1, 0.15) is 66.7 Å². The molecule has 2 heterocycles. The second-order valence-electron chi connectivity index (χ2n) is 10.6. The van der Waals surface area contributed by atoms with Crippen molar-refractivity contribution < 1.29 is 9.59 Å². The molecule has 2 amide bonds. The minimum absolute atomic E-state index is 0.260. The molecule has 29 heavy (non-hydrogen) atoms. The van der Waals surface area contributed by atoms with Crippen LogP contribution < -0.4 is 0 Å². The zero-order chi connectivity index (χ0) is 21.8. The number of rotatable bonds is 6. The number of carbonyl (C=O) groups excluding carboxylic acids is 2. The topological polar surface area (TPSA) is 43.9 Å². The highest BCUT2D eigenvalue weighted by Crippen LogP contribution is 2.29. The summed E-state index contributed by atoms with van der Waals surface area (Å²) >= 11 is 1.93. The normalized spacial score (nSPS) is 20.4. The molecular formula is C23H43N3O2S. The highest BCUT2D eigenvalue weighted by Gasteiger charge is 2.35. The molecule has 5 nitrogen and oxygen atoms in total. The molecule has 0 N–H and O–H groups in total. The molecule has 0 spiro atoms. The molecule has 0 bridgehead atoms. The second-order valence-corrected chi connectivity index (χ2v) is 11.8. The van der Waals surface area contributed by atoms with Crippen LogP contribution in [0.25, 0.3) is 0 Å². The molecule has 0 aliphatic carbocycles. The van der Waals surface area contributed by atoms with E-state index >= 15 is 0 Å². The summed E-state index contributed by atoms with van der Waals surface area (Å²) < 4.78 is 0. The van der Waals surface area contributed by atoms with Crippen molar-refractivity contribution in [3.63, 3.8) is 0 Å². The summed E-state index contributed by atoms with van der Waals surface area (Å²) in [4.78, 5) is 32.1. The van der Waals surface area contributed by atoms with Gasteiger partial charge < -0.3 is 14.7 Å². The van der Waals surface area contributed by atoms with Crippen LogP contribution in [0, 0.1) is 10.8 Å². The van der Waals surface area contributed by atoms with Gasteiger partial charge in [0, 0.05) is 48.3 Å². The Labute approximate surface area is 182 Å². The summed E-state index contributed by atoms with van der Waals surface area (Å²) in [7, 11) is 2.18. The summed E-state index contributed by atoms with van der Waals surface area (Å²) in [5, 5.41) is 0.712. The lowest BCUT2D eigenvalue weighted by atomic mass is 9.86. The fourth-order valence-corrected chi connectivity index (χ4v) is 5.13. The molecule has 0 aromatic rings. The van der Waals surface area contributed by atoms with E-state index in [9.17, 15) is 9.59 Å². The van der Waals surface area contributed by atoms with Gasteiger partial charge in [-0.05, 0) is 52.0 Å². The van der Waals surface area contributed by atoms with Gasteiger partial charge >= 0.3 is 0 Å². The third-order valence-corrected chi connectivity index (χ3v) is 7.89. The van der Waals surface area contributed by atoms with Crippen LogP contribution in [0.3, 0.4) is 0 Å². The van der Waals surface area contributed by atoms with Crippen molar-refractivity contribution in [3.8, 4) is 0 Å². The van der Waals surface area contributed by atoms with E-state index in [0.29, 0.717) is 17.2 Å². The van der Waals surface area contributed by atoms with Crippen LogP contribution in [-0.2, 0) is 9.59 Å². The van der Waals surface area contributed by atoms with Crippen LogP contribution in [-0.4, -0.2) is 83.8 Å². The van der Waals surface area contributed by atoms with Gasteiger partial charge in [-0.25, -0.2) is 0 Å². The van der Waals surface area contributed by atoms with Gasteiger partial charge in [-0.2, -0.15) is 11.8 Å². The summed E-state index contributed by atoms with van der Waals surface area (Å²) in [5.41, 5.74) is -0.614. The first kappa shape index (κ1) is 24.5. The standard InChI is InChI=1S/C23H43N3O2S/c1-22(2,3)20(27)25-13-8-18(9-14-25)24(6)17-12-23(4,5)21(28)26-15-10-19(29-7)11-16-26/h18-19H,8-17H2,1-7H3.